The summed E-state index contributed by atoms with van der Waals surface area (Å²) in [4.78, 5) is 21.1. The summed E-state index contributed by atoms with van der Waals surface area (Å²) >= 11 is 0. The normalized spacial score (nSPS) is 19.0. The largest absolute Gasteiger partial charge is 0.513 e. The molecule has 1 aliphatic carbocycles. The molecule has 126 valence electrons. The molecule has 6 heteroatoms. The van der Waals surface area contributed by atoms with E-state index in [-0.39, 0.29) is 11.5 Å². The second-order valence-corrected chi connectivity index (χ2v) is 7.36. The molecule has 0 aliphatic heterocycles. The monoisotopic (exact) mass is 330 g/mol. The Balaban J connectivity index is 2.67. The Hall–Kier alpha value is -0.770. The third-order valence-corrected chi connectivity index (χ3v) is 5.44. The third-order valence-electron chi connectivity index (χ3n) is 4.37. The van der Waals surface area contributed by atoms with E-state index in [1.165, 1.54) is 6.42 Å². The van der Waals surface area contributed by atoms with Crippen molar-refractivity contribution >= 4 is 14.0 Å². The van der Waals surface area contributed by atoms with Gasteiger partial charge in [-0.05, 0) is 42.7 Å². The fourth-order valence-electron chi connectivity index (χ4n) is 3.10. The first-order valence-corrected chi connectivity index (χ1v) is 9.64. The fraction of sp³-hybridized carbons (Fsp3) is 0.812. The fourth-order valence-corrected chi connectivity index (χ4v) is 3.94. The van der Waals surface area contributed by atoms with Crippen LogP contribution in [0, 0.1) is 5.92 Å². The predicted octanol–water partition coefficient (Wildman–Crippen LogP) is 3.59. The number of rotatable bonds is 10. The average molecular weight is 330 g/mol. The molecular weight excluding hydrogens is 301 g/mol. The van der Waals surface area contributed by atoms with Gasteiger partial charge in [0.25, 0.3) is 0 Å². The summed E-state index contributed by atoms with van der Waals surface area (Å²) in [6, 6.07) is 0. The SMILES string of the molecule is NCCCCCCC(C(=CC1CCCCC1)C(=O)O)[P+](=O)O. The molecule has 1 aliphatic rings. The van der Waals surface area contributed by atoms with Crippen molar-refractivity contribution in [3.8, 4) is 0 Å². The molecule has 1 rings (SSSR count). The van der Waals surface area contributed by atoms with Gasteiger partial charge in [0.2, 0.25) is 5.66 Å². The Morgan fingerprint density at radius 1 is 1.18 bits per heavy atom. The molecule has 0 aromatic heterocycles. The highest BCUT2D eigenvalue weighted by atomic mass is 31.1. The van der Waals surface area contributed by atoms with E-state index in [4.69, 9.17) is 5.73 Å². The topological polar surface area (TPSA) is 101 Å². The van der Waals surface area contributed by atoms with Gasteiger partial charge in [0.15, 0.2) is 0 Å². The zero-order valence-corrected chi connectivity index (χ0v) is 14.1. The van der Waals surface area contributed by atoms with Crippen LogP contribution >= 0.6 is 8.03 Å². The van der Waals surface area contributed by atoms with E-state index in [9.17, 15) is 19.4 Å². The molecular formula is C16H29NO4P+. The predicted molar refractivity (Wildman–Crippen MR) is 88.0 cm³/mol. The van der Waals surface area contributed by atoms with E-state index in [0.717, 1.165) is 51.4 Å². The van der Waals surface area contributed by atoms with Gasteiger partial charge in [-0.1, -0.05) is 38.2 Å². The van der Waals surface area contributed by atoms with E-state index in [2.05, 4.69) is 0 Å². The number of carbonyl (C=O) groups is 1. The van der Waals surface area contributed by atoms with Crippen molar-refractivity contribution in [2.24, 2.45) is 11.7 Å². The smallest absolute Gasteiger partial charge is 0.478 e. The van der Waals surface area contributed by atoms with Gasteiger partial charge in [0, 0.05) is 6.42 Å². The van der Waals surface area contributed by atoms with Gasteiger partial charge in [-0.15, -0.1) is 0 Å². The molecule has 0 radical (unpaired) electrons. The Labute approximate surface area is 133 Å². The van der Waals surface area contributed by atoms with E-state index in [1.54, 1.807) is 6.08 Å². The summed E-state index contributed by atoms with van der Waals surface area (Å²) < 4.78 is 11.6. The molecule has 1 fully saturated rings. The number of aliphatic carboxylic acids is 1. The van der Waals surface area contributed by atoms with Gasteiger partial charge in [0.05, 0.1) is 5.57 Å². The van der Waals surface area contributed by atoms with E-state index in [0.29, 0.717) is 13.0 Å². The second kappa shape index (κ2) is 10.9. The number of hydrogen-bond acceptors (Lipinski definition) is 3. The van der Waals surface area contributed by atoms with E-state index >= 15 is 0 Å². The van der Waals surface area contributed by atoms with Crippen molar-refractivity contribution in [1.82, 2.24) is 0 Å². The van der Waals surface area contributed by atoms with Crippen molar-refractivity contribution in [3.05, 3.63) is 11.6 Å². The first-order chi connectivity index (χ1) is 10.6. The first kappa shape index (κ1) is 19.3. The molecule has 2 unspecified atom stereocenters. The lowest BCUT2D eigenvalue weighted by atomic mass is 9.87. The summed E-state index contributed by atoms with van der Waals surface area (Å²) in [7, 11) is -2.51. The molecule has 0 bridgehead atoms. The molecule has 1 saturated carbocycles. The van der Waals surface area contributed by atoms with Gasteiger partial charge in [-0.3, -0.25) is 0 Å². The Morgan fingerprint density at radius 2 is 1.82 bits per heavy atom. The molecule has 0 spiro atoms. The zero-order valence-electron chi connectivity index (χ0n) is 13.2. The maximum absolute atomic E-state index is 11.6. The van der Waals surface area contributed by atoms with Gasteiger partial charge < -0.3 is 10.8 Å². The summed E-state index contributed by atoms with van der Waals surface area (Å²) in [6.07, 6.45) is 11.2. The van der Waals surface area contributed by atoms with Crippen LogP contribution in [0.15, 0.2) is 11.6 Å². The van der Waals surface area contributed by atoms with Crippen LogP contribution in [0.5, 0.6) is 0 Å². The standard InChI is InChI=1S/C16H28NO4P/c17-11-7-2-1-6-10-15(22(20)21)14(16(18)19)12-13-8-4-3-5-9-13/h12-13,15H,1-11,17H2,(H-,18,19,20,21)/p+1. The minimum absolute atomic E-state index is 0.148. The van der Waals surface area contributed by atoms with Crippen LogP contribution in [0.2, 0.25) is 0 Å². The summed E-state index contributed by atoms with van der Waals surface area (Å²) in [5.74, 6) is -0.801. The van der Waals surface area contributed by atoms with Crippen LogP contribution in [0.25, 0.3) is 0 Å². The van der Waals surface area contributed by atoms with Crippen LogP contribution in [0.3, 0.4) is 0 Å². The second-order valence-electron chi connectivity index (χ2n) is 6.14. The van der Waals surface area contributed by atoms with Gasteiger partial charge in [0.1, 0.15) is 0 Å². The number of carboxylic acid groups (broad SMARTS) is 1. The summed E-state index contributed by atoms with van der Waals surface area (Å²) in [6.45, 7) is 0.652. The quantitative estimate of drug-likeness (QED) is 0.323. The average Bonchev–Trinajstić information content (AvgIpc) is 2.49. The van der Waals surface area contributed by atoms with Gasteiger partial charge in [-0.25, -0.2) is 4.79 Å². The lowest BCUT2D eigenvalue weighted by Gasteiger charge is -2.19. The van der Waals surface area contributed by atoms with Crippen molar-refractivity contribution < 1.29 is 19.4 Å². The molecule has 2 atom stereocenters. The molecule has 0 saturated heterocycles. The molecule has 0 heterocycles. The number of unbranched alkanes of at least 4 members (excludes halogenated alkanes) is 3. The number of nitrogens with two attached hydrogens (primary N) is 1. The number of allylic oxidation sites excluding steroid dienone is 1. The maximum atomic E-state index is 11.6. The third kappa shape index (κ3) is 6.99. The van der Waals surface area contributed by atoms with Crippen LogP contribution in [0.1, 0.15) is 64.2 Å². The van der Waals surface area contributed by atoms with Crippen molar-refractivity contribution in [2.45, 2.75) is 69.9 Å². The maximum Gasteiger partial charge on any atom is 0.513 e. The van der Waals surface area contributed by atoms with Crippen molar-refractivity contribution in [2.75, 3.05) is 6.54 Å². The highest BCUT2D eigenvalue weighted by Gasteiger charge is 2.36. The Morgan fingerprint density at radius 3 is 2.36 bits per heavy atom. The highest BCUT2D eigenvalue weighted by Crippen LogP contribution is 2.36. The molecule has 5 nitrogen and oxygen atoms in total. The number of hydrogen-bond donors (Lipinski definition) is 3. The van der Waals surface area contributed by atoms with Crippen LogP contribution in [-0.2, 0) is 9.36 Å². The van der Waals surface area contributed by atoms with Gasteiger partial charge in [-0.2, -0.15) is 4.89 Å². The summed E-state index contributed by atoms with van der Waals surface area (Å²) in [5, 5.41) is 9.44. The van der Waals surface area contributed by atoms with E-state index in [1.807, 2.05) is 0 Å². The highest BCUT2D eigenvalue weighted by molar-refractivity contribution is 7.39. The minimum Gasteiger partial charge on any atom is -0.478 e. The molecule has 0 amide bonds. The zero-order chi connectivity index (χ0) is 16.4. The Bertz CT molecular complexity index is 392. The molecule has 0 aromatic carbocycles. The van der Waals surface area contributed by atoms with Crippen molar-refractivity contribution in [3.63, 3.8) is 0 Å². The minimum atomic E-state index is -2.51. The first-order valence-electron chi connectivity index (χ1n) is 8.36. The lowest BCUT2D eigenvalue weighted by Crippen LogP contribution is -2.17. The van der Waals surface area contributed by atoms with Crippen LogP contribution < -0.4 is 5.73 Å². The Kier molecular flexibility index (Phi) is 9.53. The molecule has 22 heavy (non-hydrogen) atoms. The van der Waals surface area contributed by atoms with E-state index < -0.39 is 19.7 Å². The summed E-state index contributed by atoms with van der Waals surface area (Å²) in [5.41, 5.74) is 4.84. The van der Waals surface area contributed by atoms with Crippen molar-refractivity contribution in [1.29, 1.82) is 0 Å². The molecule has 0 aromatic rings. The van der Waals surface area contributed by atoms with Crippen LogP contribution in [-0.4, -0.2) is 28.2 Å². The lowest BCUT2D eigenvalue weighted by molar-refractivity contribution is -0.132. The number of carboxylic acids is 1. The van der Waals surface area contributed by atoms with Crippen LogP contribution in [0.4, 0.5) is 0 Å². The molecule has 4 N–H and O–H groups in total. The van der Waals surface area contributed by atoms with Gasteiger partial charge >= 0.3 is 14.0 Å².